The number of nitriles is 1. The van der Waals surface area contributed by atoms with E-state index in [4.69, 9.17) is 16.7 Å². The minimum absolute atomic E-state index is 0.372. The molecular weight excluding hydrogens is 190 g/mol. The summed E-state index contributed by atoms with van der Waals surface area (Å²) in [4.78, 5) is 0. The standard InChI is InChI=1S/C10H9N5/c11-6-7-1-3-8(4-2-7)15-10(13)5-9(12)14-15/h1-5H,13H2,(H2,12,14). The van der Waals surface area contributed by atoms with E-state index in [1.165, 1.54) is 4.68 Å². The molecule has 0 unspecified atom stereocenters. The first-order valence-corrected chi connectivity index (χ1v) is 4.32. The van der Waals surface area contributed by atoms with Gasteiger partial charge in [-0.3, -0.25) is 0 Å². The first-order valence-electron chi connectivity index (χ1n) is 4.32. The Bertz CT molecular complexity index is 518. The van der Waals surface area contributed by atoms with Gasteiger partial charge in [0.25, 0.3) is 0 Å². The van der Waals surface area contributed by atoms with Crippen LogP contribution in [0.1, 0.15) is 5.56 Å². The van der Waals surface area contributed by atoms with E-state index in [0.717, 1.165) is 5.69 Å². The Kier molecular flexibility index (Phi) is 2.03. The number of nitrogen functional groups attached to an aromatic ring is 2. The smallest absolute Gasteiger partial charge is 0.148 e. The predicted octanol–water partition coefficient (Wildman–Crippen LogP) is 0.908. The summed E-state index contributed by atoms with van der Waals surface area (Å²) >= 11 is 0. The van der Waals surface area contributed by atoms with E-state index < -0.39 is 0 Å². The third-order valence-electron chi connectivity index (χ3n) is 2.00. The maximum absolute atomic E-state index is 8.64. The van der Waals surface area contributed by atoms with Crippen molar-refractivity contribution in [2.75, 3.05) is 11.5 Å². The molecule has 74 valence electrons. The Hall–Kier alpha value is -2.48. The molecule has 0 saturated heterocycles. The monoisotopic (exact) mass is 199 g/mol. The molecule has 2 aromatic rings. The van der Waals surface area contributed by atoms with Crippen LogP contribution in [0.3, 0.4) is 0 Å². The molecule has 0 radical (unpaired) electrons. The van der Waals surface area contributed by atoms with E-state index in [1.54, 1.807) is 30.3 Å². The summed E-state index contributed by atoms with van der Waals surface area (Å²) in [5.74, 6) is 0.842. The molecule has 5 heteroatoms. The molecule has 0 aliphatic heterocycles. The van der Waals surface area contributed by atoms with Crippen molar-refractivity contribution in [1.29, 1.82) is 5.26 Å². The molecule has 1 heterocycles. The minimum atomic E-state index is 0.372. The van der Waals surface area contributed by atoms with Crippen LogP contribution in [-0.2, 0) is 0 Å². The first kappa shape index (κ1) is 9.09. The summed E-state index contributed by atoms with van der Waals surface area (Å²) in [6.45, 7) is 0. The van der Waals surface area contributed by atoms with E-state index in [9.17, 15) is 0 Å². The van der Waals surface area contributed by atoms with Crippen LogP contribution in [0.4, 0.5) is 11.6 Å². The van der Waals surface area contributed by atoms with Crippen molar-refractivity contribution in [1.82, 2.24) is 9.78 Å². The van der Waals surface area contributed by atoms with Crippen molar-refractivity contribution in [3.63, 3.8) is 0 Å². The number of benzene rings is 1. The van der Waals surface area contributed by atoms with Gasteiger partial charge in [-0.2, -0.15) is 5.26 Å². The highest BCUT2D eigenvalue weighted by atomic mass is 15.3. The molecule has 0 aliphatic rings. The summed E-state index contributed by atoms with van der Waals surface area (Å²) in [5, 5.41) is 12.7. The SMILES string of the molecule is N#Cc1ccc(-n2nc(N)cc2N)cc1. The van der Waals surface area contributed by atoms with Gasteiger partial charge in [0, 0.05) is 6.07 Å². The molecule has 0 amide bonds. The number of aromatic nitrogens is 2. The third kappa shape index (κ3) is 1.60. The molecule has 1 aromatic heterocycles. The predicted molar refractivity (Wildman–Crippen MR) is 57.1 cm³/mol. The fourth-order valence-electron chi connectivity index (χ4n) is 1.30. The number of rotatable bonds is 1. The maximum Gasteiger partial charge on any atom is 0.148 e. The quantitative estimate of drug-likeness (QED) is 0.713. The van der Waals surface area contributed by atoms with Gasteiger partial charge in [0.2, 0.25) is 0 Å². The van der Waals surface area contributed by atoms with Gasteiger partial charge in [0.05, 0.1) is 17.3 Å². The fourth-order valence-corrected chi connectivity index (χ4v) is 1.30. The van der Waals surface area contributed by atoms with Crippen molar-refractivity contribution in [2.45, 2.75) is 0 Å². The van der Waals surface area contributed by atoms with E-state index in [1.807, 2.05) is 6.07 Å². The number of hydrogen-bond acceptors (Lipinski definition) is 4. The highest BCUT2D eigenvalue weighted by Gasteiger charge is 2.04. The molecule has 0 atom stereocenters. The lowest BCUT2D eigenvalue weighted by molar-refractivity contribution is 0.897. The molecule has 0 saturated carbocycles. The lowest BCUT2D eigenvalue weighted by atomic mass is 10.2. The van der Waals surface area contributed by atoms with Gasteiger partial charge in [-0.1, -0.05) is 0 Å². The zero-order valence-electron chi connectivity index (χ0n) is 7.88. The van der Waals surface area contributed by atoms with Crippen LogP contribution in [0.5, 0.6) is 0 Å². The molecular formula is C10H9N5. The van der Waals surface area contributed by atoms with Crippen molar-refractivity contribution in [2.24, 2.45) is 0 Å². The Morgan fingerprint density at radius 1 is 1.20 bits per heavy atom. The number of anilines is 2. The summed E-state index contributed by atoms with van der Waals surface area (Å²) in [5.41, 5.74) is 12.6. The van der Waals surface area contributed by atoms with Gasteiger partial charge in [-0.15, -0.1) is 5.10 Å². The zero-order chi connectivity index (χ0) is 10.8. The molecule has 2 rings (SSSR count). The highest BCUT2D eigenvalue weighted by Crippen LogP contribution is 2.15. The Morgan fingerprint density at radius 2 is 1.87 bits per heavy atom. The van der Waals surface area contributed by atoms with Crippen LogP contribution < -0.4 is 11.5 Å². The van der Waals surface area contributed by atoms with Gasteiger partial charge >= 0.3 is 0 Å². The summed E-state index contributed by atoms with van der Waals surface area (Å²) in [6.07, 6.45) is 0. The van der Waals surface area contributed by atoms with Crippen LogP contribution in [0.2, 0.25) is 0 Å². The van der Waals surface area contributed by atoms with E-state index in [-0.39, 0.29) is 0 Å². The minimum Gasteiger partial charge on any atom is -0.384 e. The van der Waals surface area contributed by atoms with E-state index in [2.05, 4.69) is 5.10 Å². The fraction of sp³-hybridized carbons (Fsp3) is 0. The van der Waals surface area contributed by atoms with Crippen LogP contribution in [-0.4, -0.2) is 9.78 Å². The molecule has 15 heavy (non-hydrogen) atoms. The molecule has 0 fully saturated rings. The lowest BCUT2D eigenvalue weighted by Crippen LogP contribution is -2.01. The molecule has 4 N–H and O–H groups in total. The zero-order valence-corrected chi connectivity index (χ0v) is 7.88. The normalized spacial score (nSPS) is 9.80. The summed E-state index contributed by atoms with van der Waals surface area (Å²) in [7, 11) is 0. The molecule has 0 aliphatic carbocycles. The van der Waals surface area contributed by atoms with Crippen molar-refractivity contribution >= 4 is 11.6 Å². The van der Waals surface area contributed by atoms with Crippen LogP contribution >= 0.6 is 0 Å². The second-order valence-electron chi connectivity index (χ2n) is 3.06. The van der Waals surface area contributed by atoms with Crippen LogP contribution in [0, 0.1) is 11.3 Å². The Balaban J connectivity index is 2.46. The average Bonchev–Trinajstić information content (AvgIpc) is 2.58. The molecule has 0 bridgehead atoms. The second kappa shape index (κ2) is 3.35. The third-order valence-corrected chi connectivity index (χ3v) is 2.00. The van der Waals surface area contributed by atoms with Gasteiger partial charge in [0.15, 0.2) is 0 Å². The number of nitrogens with two attached hydrogens (primary N) is 2. The van der Waals surface area contributed by atoms with Crippen LogP contribution in [0.15, 0.2) is 30.3 Å². The first-order chi connectivity index (χ1) is 7.20. The molecule has 0 spiro atoms. The van der Waals surface area contributed by atoms with Gasteiger partial charge in [0.1, 0.15) is 11.6 Å². The lowest BCUT2D eigenvalue weighted by Gasteiger charge is -2.02. The van der Waals surface area contributed by atoms with Gasteiger partial charge in [-0.05, 0) is 24.3 Å². The van der Waals surface area contributed by atoms with Gasteiger partial charge in [-0.25, -0.2) is 4.68 Å². The van der Waals surface area contributed by atoms with E-state index in [0.29, 0.717) is 17.2 Å². The number of nitrogens with zero attached hydrogens (tertiary/aromatic N) is 3. The van der Waals surface area contributed by atoms with Crippen molar-refractivity contribution in [3.05, 3.63) is 35.9 Å². The van der Waals surface area contributed by atoms with Gasteiger partial charge < -0.3 is 11.5 Å². The van der Waals surface area contributed by atoms with Crippen molar-refractivity contribution < 1.29 is 0 Å². The highest BCUT2D eigenvalue weighted by molar-refractivity contribution is 5.49. The van der Waals surface area contributed by atoms with Crippen molar-refractivity contribution in [3.8, 4) is 11.8 Å². The Morgan fingerprint density at radius 3 is 2.33 bits per heavy atom. The second-order valence-corrected chi connectivity index (χ2v) is 3.06. The molecule has 1 aromatic carbocycles. The summed E-state index contributed by atoms with van der Waals surface area (Å²) < 4.78 is 1.52. The number of hydrogen-bond donors (Lipinski definition) is 2. The summed E-state index contributed by atoms with van der Waals surface area (Å²) in [6, 6.07) is 10.6. The molecule has 5 nitrogen and oxygen atoms in total. The largest absolute Gasteiger partial charge is 0.384 e. The topological polar surface area (TPSA) is 93.6 Å². The Labute approximate surface area is 86.5 Å². The van der Waals surface area contributed by atoms with Crippen LogP contribution in [0.25, 0.3) is 5.69 Å². The maximum atomic E-state index is 8.64. The average molecular weight is 199 g/mol. The van der Waals surface area contributed by atoms with E-state index >= 15 is 0 Å².